The molecule has 0 spiro atoms. The van der Waals surface area contributed by atoms with Gasteiger partial charge in [0.05, 0.1) is 0 Å². The Bertz CT molecular complexity index is 1280. The van der Waals surface area contributed by atoms with Gasteiger partial charge < -0.3 is 25.2 Å². The zero-order valence-corrected chi connectivity index (χ0v) is 26.0. The zero-order valence-electron chi connectivity index (χ0n) is 26.0. The number of nitrogens with zero attached hydrogens (tertiary/aromatic N) is 3. The van der Waals surface area contributed by atoms with E-state index in [2.05, 4.69) is 20.7 Å². The minimum absolute atomic E-state index is 0.0262. The fraction of sp³-hybridized carbons (Fsp3) is 0.688. The van der Waals surface area contributed by atoms with Gasteiger partial charge in [-0.1, -0.05) is 35.4 Å². The third-order valence-electron chi connectivity index (χ3n) is 9.24. The molecule has 4 bridgehead atoms. The number of carbonyl (C=O) groups is 4. The van der Waals surface area contributed by atoms with Gasteiger partial charge in [-0.15, -0.1) is 0 Å². The van der Waals surface area contributed by atoms with E-state index >= 15 is 0 Å². The number of hydrogen-bond acceptors (Lipinski definition) is 7. The van der Waals surface area contributed by atoms with Gasteiger partial charge >= 0.3 is 18.0 Å². The number of carboxylic acid groups (broad SMARTS) is 1. The van der Waals surface area contributed by atoms with Gasteiger partial charge in [0.2, 0.25) is 5.91 Å². The van der Waals surface area contributed by atoms with Gasteiger partial charge in [0, 0.05) is 29.8 Å². The molecule has 0 saturated heterocycles. The summed E-state index contributed by atoms with van der Waals surface area (Å²) < 4.78 is 11.1. The molecule has 5 atom stereocenters. The molecule has 4 aliphatic rings. The second kappa shape index (κ2) is 13.5. The van der Waals surface area contributed by atoms with Gasteiger partial charge in [0.25, 0.3) is 0 Å². The van der Waals surface area contributed by atoms with Crippen LogP contribution in [0.5, 0.6) is 0 Å². The van der Waals surface area contributed by atoms with Crippen LogP contribution < -0.4 is 10.6 Å². The SMILES string of the molecule is CC(C)(C)OC(=O)N[C@@]12C[C@@H]3C[C@@](CCC(=O)N[C@@H](CCN=[N+]=[N-])C(=O)OCc4ccccc4)(C[C@@](CCC(=O)O)(C3)C1)C2. The Morgan fingerprint density at radius 1 is 1.05 bits per heavy atom. The van der Waals surface area contributed by atoms with E-state index < -0.39 is 35.2 Å². The molecule has 3 N–H and O–H groups in total. The van der Waals surface area contributed by atoms with Gasteiger partial charge in [-0.3, -0.25) is 9.59 Å². The van der Waals surface area contributed by atoms with Crippen molar-refractivity contribution < 1.29 is 33.8 Å². The summed E-state index contributed by atoms with van der Waals surface area (Å²) >= 11 is 0. The fourth-order valence-electron chi connectivity index (χ4n) is 8.39. The summed E-state index contributed by atoms with van der Waals surface area (Å²) in [5.41, 5.74) is 7.85. The second-order valence-corrected chi connectivity index (χ2v) is 14.3. The minimum atomic E-state index is -0.963. The standard InChI is InChI=1S/C32H45N5O7/c1-29(2,3)44-28(42)36-32-17-23-15-30(20-32,19-31(16-23,21-32)13-10-26(39)40)12-9-25(38)35-24(11-14-34-37-33)27(41)43-18-22-7-5-4-6-8-22/h4-8,23-24H,9-21H2,1-3H3,(H,35,38)(H,36,42)(H,39,40)/t23-,24+,30+,31-,32-/m1/s1. The molecule has 4 fully saturated rings. The molecule has 0 radical (unpaired) electrons. The summed E-state index contributed by atoms with van der Waals surface area (Å²) in [6.45, 7) is 5.54. The first kappa shape index (κ1) is 33.1. The van der Waals surface area contributed by atoms with Gasteiger partial charge in [-0.2, -0.15) is 0 Å². The minimum Gasteiger partial charge on any atom is -0.481 e. The van der Waals surface area contributed by atoms with Gasteiger partial charge in [0.1, 0.15) is 18.2 Å². The zero-order chi connectivity index (χ0) is 32.0. The highest BCUT2D eigenvalue weighted by Gasteiger charge is 2.63. The van der Waals surface area contributed by atoms with Crippen LogP contribution in [0.1, 0.15) is 97.0 Å². The number of benzene rings is 1. The number of esters is 1. The number of ether oxygens (including phenoxy) is 2. The first-order valence-electron chi connectivity index (χ1n) is 15.5. The van der Waals surface area contributed by atoms with E-state index in [0.29, 0.717) is 31.6 Å². The van der Waals surface area contributed by atoms with Crippen LogP contribution in [0.25, 0.3) is 10.4 Å². The van der Waals surface area contributed by atoms with Crippen molar-refractivity contribution in [1.82, 2.24) is 10.6 Å². The molecule has 1 aromatic rings. The molecular weight excluding hydrogens is 566 g/mol. The number of carbonyl (C=O) groups excluding carboxylic acids is 3. The Morgan fingerprint density at radius 3 is 2.32 bits per heavy atom. The highest BCUT2D eigenvalue weighted by molar-refractivity contribution is 5.84. The van der Waals surface area contributed by atoms with Crippen LogP contribution >= 0.6 is 0 Å². The van der Waals surface area contributed by atoms with Gasteiger partial charge in [0.15, 0.2) is 0 Å². The number of aliphatic carboxylic acids is 1. The Labute approximate surface area is 258 Å². The Hall–Kier alpha value is -3.79. The number of hydrogen-bond donors (Lipinski definition) is 3. The lowest BCUT2D eigenvalue weighted by atomic mass is 9.40. The van der Waals surface area contributed by atoms with Crippen LogP contribution in [0.15, 0.2) is 35.4 Å². The van der Waals surface area contributed by atoms with Crippen molar-refractivity contribution in [3.8, 4) is 0 Å². The van der Waals surface area contributed by atoms with E-state index in [1.807, 2.05) is 51.1 Å². The number of rotatable bonds is 14. The Morgan fingerprint density at radius 2 is 1.70 bits per heavy atom. The number of amides is 2. The topological polar surface area (TPSA) is 180 Å². The van der Waals surface area contributed by atoms with Crippen molar-refractivity contribution in [1.29, 1.82) is 0 Å². The van der Waals surface area contributed by atoms with Crippen LogP contribution in [-0.4, -0.2) is 52.8 Å². The van der Waals surface area contributed by atoms with Crippen LogP contribution in [0.4, 0.5) is 4.79 Å². The molecule has 0 unspecified atom stereocenters. The first-order chi connectivity index (χ1) is 20.7. The first-order valence-corrected chi connectivity index (χ1v) is 15.5. The Kier molecular flexibility index (Phi) is 10.1. The van der Waals surface area contributed by atoms with Crippen LogP contribution in [0.2, 0.25) is 0 Å². The molecule has 12 heteroatoms. The number of alkyl carbamates (subject to hydrolysis) is 1. The quantitative estimate of drug-likeness (QED) is 0.103. The molecule has 44 heavy (non-hydrogen) atoms. The molecule has 0 aromatic heterocycles. The van der Waals surface area contributed by atoms with Gasteiger partial charge in [-0.05, 0) is 106 Å². The van der Waals surface area contributed by atoms with Crippen LogP contribution in [0, 0.1) is 16.7 Å². The summed E-state index contributed by atoms with van der Waals surface area (Å²) in [6, 6.07) is 8.25. The predicted molar refractivity (Wildman–Crippen MR) is 161 cm³/mol. The number of azide groups is 1. The molecule has 0 heterocycles. The number of carboxylic acids is 1. The molecule has 4 saturated carbocycles. The maximum atomic E-state index is 13.3. The van der Waals surface area contributed by atoms with Crippen molar-refractivity contribution in [2.75, 3.05) is 6.54 Å². The summed E-state index contributed by atoms with van der Waals surface area (Å²) in [6.07, 6.45) is 5.75. The van der Waals surface area contributed by atoms with E-state index in [1.165, 1.54) is 0 Å². The summed E-state index contributed by atoms with van der Waals surface area (Å²) in [5, 5.41) is 19.0. The highest BCUT2D eigenvalue weighted by Crippen LogP contribution is 2.69. The van der Waals surface area contributed by atoms with E-state index in [9.17, 15) is 24.3 Å². The largest absolute Gasteiger partial charge is 0.481 e. The molecular formula is C32H45N5O7. The monoisotopic (exact) mass is 611 g/mol. The fourth-order valence-corrected chi connectivity index (χ4v) is 8.39. The average molecular weight is 612 g/mol. The van der Waals surface area contributed by atoms with Crippen molar-refractivity contribution >= 4 is 23.9 Å². The molecule has 12 nitrogen and oxygen atoms in total. The van der Waals surface area contributed by atoms with Crippen LogP contribution in [0.3, 0.4) is 0 Å². The summed E-state index contributed by atoms with van der Waals surface area (Å²) in [5.74, 6) is -1.44. The van der Waals surface area contributed by atoms with E-state index in [0.717, 1.165) is 31.2 Å². The molecule has 2 amide bonds. The average Bonchev–Trinajstić information content (AvgIpc) is 2.92. The summed E-state index contributed by atoms with van der Waals surface area (Å²) in [7, 11) is 0. The highest BCUT2D eigenvalue weighted by atomic mass is 16.6. The molecule has 4 aliphatic carbocycles. The van der Waals surface area contributed by atoms with Crippen LogP contribution in [-0.2, 0) is 30.5 Å². The molecule has 5 rings (SSSR count). The molecule has 240 valence electrons. The lowest BCUT2D eigenvalue weighted by Gasteiger charge is -2.67. The summed E-state index contributed by atoms with van der Waals surface area (Å²) in [4.78, 5) is 53.5. The molecule has 0 aliphatic heterocycles. The van der Waals surface area contributed by atoms with Crippen molar-refractivity contribution in [2.45, 2.75) is 115 Å². The Balaban J connectivity index is 1.45. The van der Waals surface area contributed by atoms with Crippen molar-refractivity contribution in [2.24, 2.45) is 21.9 Å². The maximum absolute atomic E-state index is 13.3. The van der Waals surface area contributed by atoms with E-state index in [-0.39, 0.29) is 49.2 Å². The third-order valence-corrected chi connectivity index (χ3v) is 9.24. The lowest BCUT2D eigenvalue weighted by Crippen LogP contribution is -2.66. The maximum Gasteiger partial charge on any atom is 0.408 e. The van der Waals surface area contributed by atoms with E-state index in [1.54, 1.807) is 0 Å². The lowest BCUT2D eigenvalue weighted by molar-refractivity contribution is -0.152. The van der Waals surface area contributed by atoms with E-state index in [4.69, 9.17) is 15.0 Å². The predicted octanol–water partition coefficient (Wildman–Crippen LogP) is 5.79. The molecule has 1 aromatic carbocycles. The normalized spacial score (nSPS) is 27.5. The number of nitrogens with one attached hydrogen (secondary N) is 2. The van der Waals surface area contributed by atoms with Crippen molar-refractivity contribution in [3.05, 3.63) is 46.3 Å². The second-order valence-electron chi connectivity index (χ2n) is 14.3. The third kappa shape index (κ3) is 8.87. The van der Waals surface area contributed by atoms with Gasteiger partial charge in [-0.25, -0.2) is 9.59 Å². The van der Waals surface area contributed by atoms with Crippen molar-refractivity contribution in [3.63, 3.8) is 0 Å². The smallest absolute Gasteiger partial charge is 0.408 e.